The standard InChI is InChI=1S/C18H20ClF3N4O3/c1-23-17(26-12-4-5-14(27-2)15(9-12)28-3)24-6-7-29-16-13(19)8-11(10-25-16)18(20,21)22/h4-5,8-10H,6-7H2,1-3H3,(H2,23,24,26). The van der Waals surface area contributed by atoms with Gasteiger partial charge in [0.2, 0.25) is 5.88 Å². The number of aromatic nitrogens is 1. The summed E-state index contributed by atoms with van der Waals surface area (Å²) in [6.07, 6.45) is -3.84. The predicted octanol–water partition coefficient (Wildman–Crippen LogP) is 3.84. The highest BCUT2D eigenvalue weighted by atomic mass is 35.5. The van der Waals surface area contributed by atoms with Crippen molar-refractivity contribution in [3.8, 4) is 17.4 Å². The van der Waals surface area contributed by atoms with Crippen molar-refractivity contribution in [2.24, 2.45) is 4.99 Å². The van der Waals surface area contributed by atoms with Gasteiger partial charge in [-0.1, -0.05) is 11.6 Å². The van der Waals surface area contributed by atoms with Crippen LogP contribution in [0.4, 0.5) is 18.9 Å². The highest BCUT2D eigenvalue weighted by Crippen LogP contribution is 2.33. The van der Waals surface area contributed by atoms with Gasteiger partial charge in [0, 0.05) is 25.0 Å². The number of ether oxygens (including phenoxy) is 3. The van der Waals surface area contributed by atoms with Gasteiger partial charge < -0.3 is 24.8 Å². The van der Waals surface area contributed by atoms with Gasteiger partial charge in [0.05, 0.1) is 26.3 Å². The second-order valence-corrected chi connectivity index (χ2v) is 5.96. The normalized spacial score (nSPS) is 11.8. The second kappa shape index (κ2) is 10.1. The second-order valence-electron chi connectivity index (χ2n) is 5.55. The maximum atomic E-state index is 12.6. The Morgan fingerprint density at radius 2 is 1.90 bits per heavy atom. The molecule has 0 unspecified atom stereocenters. The van der Waals surface area contributed by atoms with E-state index in [1.807, 2.05) is 0 Å². The topological polar surface area (TPSA) is 77.0 Å². The number of methoxy groups -OCH3 is 2. The average molecular weight is 433 g/mol. The summed E-state index contributed by atoms with van der Waals surface area (Å²) < 4.78 is 53.6. The first-order chi connectivity index (χ1) is 13.8. The van der Waals surface area contributed by atoms with Gasteiger partial charge in [-0.15, -0.1) is 0 Å². The number of rotatable bonds is 7. The van der Waals surface area contributed by atoms with Crippen LogP contribution < -0.4 is 24.8 Å². The smallest absolute Gasteiger partial charge is 0.417 e. The van der Waals surface area contributed by atoms with E-state index in [1.165, 1.54) is 7.11 Å². The number of anilines is 1. The van der Waals surface area contributed by atoms with Crippen LogP contribution in [-0.2, 0) is 6.18 Å². The molecule has 0 bridgehead atoms. The Kier molecular flexibility index (Phi) is 7.77. The summed E-state index contributed by atoms with van der Waals surface area (Å²) >= 11 is 5.80. The summed E-state index contributed by atoms with van der Waals surface area (Å²) in [5, 5.41) is 5.86. The summed E-state index contributed by atoms with van der Waals surface area (Å²) in [7, 11) is 4.67. The SMILES string of the molecule is CN=C(NCCOc1ncc(C(F)(F)F)cc1Cl)Nc1ccc(OC)c(OC)c1. The molecule has 0 spiro atoms. The van der Waals surface area contributed by atoms with E-state index >= 15 is 0 Å². The summed E-state index contributed by atoms with van der Waals surface area (Å²) in [5.41, 5.74) is -0.225. The van der Waals surface area contributed by atoms with E-state index in [4.69, 9.17) is 25.8 Å². The quantitative estimate of drug-likeness (QED) is 0.393. The molecular weight excluding hydrogens is 413 g/mol. The predicted molar refractivity (Wildman–Crippen MR) is 104 cm³/mol. The van der Waals surface area contributed by atoms with E-state index < -0.39 is 11.7 Å². The Labute approximate surface area is 170 Å². The molecule has 0 amide bonds. The molecule has 0 saturated heterocycles. The largest absolute Gasteiger partial charge is 0.493 e. The molecule has 2 N–H and O–H groups in total. The minimum atomic E-state index is -4.51. The van der Waals surface area contributed by atoms with Crippen LogP contribution in [0.25, 0.3) is 0 Å². The third-order valence-corrected chi connectivity index (χ3v) is 3.91. The molecule has 1 aromatic heterocycles. The van der Waals surface area contributed by atoms with Crippen LogP contribution in [0.15, 0.2) is 35.5 Å². The molecule has 7 nitrogen and oxygen atoms in total. The van der Waals surface area contributed by atoms with E-state index in [-0.39, 0.29) is 17.5 Å². The lowest BCUT2D eigenvalue weighted by Crippen LogP contribution is -2.33. The minimum absolute atomic E-state index is 0.0793. The first-order valence-corrected chi connectivity index (χ1v) is 8.71. The van der Waals surface area contributed by atoms with Crippen LogP contribution in [0, 0.1) is 0 Å². The van der Waals surface area contributed by atoms with Crippen molar-refractivity contribution in [2.45, 2.75) is 6.18 Å². The van der Waals surface area contributed by atoms with Crippen molar-refractivity contribution in [2.75, 3.05) is 39.7 Å². The van der Waals surface area contributed by atoms with Gasteiger partial charge in [0.1, 0.15) is 11.6 Å². The van der Waals surface area contributed by atoms with E-state index in [9.17, 15) is 13.2 Å². The Morgan fingerprint density at radius 3 is 2.48 bits per heavy atom. The van der Waals surface area contributed by atoms with Gasteiger partial charge in [-0.25, -0.2) is 4.98 Å². The summed E-state index contributed by atoms with van der Waals surface area (Å²) in [5.74, 6) is 1.52. The number of hydrogen-bond acceptors (Lipinski definition) is 5. The van der Waals surface area contributed by atoms with Gasteiger partial charge in [-0.3, -0.25) is 4.99 Å². The number of hydrogen-bond donors (Lipinski definition) is 2. The molecule has 0 aliphatic heterocycles. The number of nitrogens with one attached hydrogen (secondary N) is 2. The van der Waals surface area contributed by atoms with Crippen molar-refractivity contribution < 1.29 is 27.4 Å². The van der Waals surface area contributed by atoms with Crippen LogP contribution >= 0.6 is 11.6 Å². The highest BCUT2D eigenvalue weighted by Gasteiger charge is 2.31. The molecule has 1 aromatic carbocycles. The van der Waals surface area contributed by atoms with Crippen LogP contribution in [0.2, 0.25) is 5.02 Å². The number of benzene rings is 1. The Balaban J connectivity index is 1.88. The number of aliphatic imine (C=N–C) groups is 1. The minimum Gasteiger partial charge on any atom is -0.493 e. The van der Waals surface area contributed by atoms with Gasteiger partial charge in [0.25, 0.3) is 0 Å². The molecule has 2 aromatic rings. The van der Waals surface area contributed by atoms with Crippen molar-refractivity contribution in [3.63, 3.8) is 0 Å². The Morgan fingerprint density at radius 1 is 1.17 bits per heavy atom. The Bertz CT molecular complexity index is 863. The molecular formula is C18H20ClF3N4O3. The number of guanidine groups is 1. The maximum Gasteiger partial charge on any atom is 0.417 e. The lowest BCUT2D eigenvalue weighted by molar-refractivity contribution is -0.137. The molecule has 0 radical (unpaired) electrons. The fraction of sp³-hybridized carbons (Fsp3) is 0.333. The van der Waals surface area contributed by atoms with Crippen molar-refractivity contribution in [1.29, 1.82) is 0 Å². The number of nitrogens with zero attached hydrogens (tertiary/aromatic N) is 2. The Hall–Kier alpha value is -2.88. The summed E-state index contributed by atoms with van der Waals surface area (Å²) in [6.45, 7) is 0.400. The van der Waals surface area contributed by atoms with E-state index in [0.29, 0.717) is 35.9 Å². The molecule has 1 heterocycles. The molecule has 11 heteroatoms. The van der Waals surface area contributed by atoms with Gasteiger partial charge in [-0.2, -0.15) is 13.2 Å². The van der Waals surface area contributed by atoms with Crippen molar-refractivity contribution in [3.05, 3.63) is 41.0 Å². The van der Waals surface area contributed by atoms with Crippen LogP contribution in [0.3, 0.4) is 0 Å². The van der Waals surface area contributed by atoms with Gasteiger partial charge in [0.15, 0.2) is 17.5 Å². The van der Waals surface area contributed by atoms with E-state index in [0.717, 1.165) is 6.07 Å². The lowest BCUT2D eigenvalue weighted by Gasteiger charge is -2.14. The molecule has 0 atom stereocenters. The molecule has 0 aliphatic carbocycles. The molecule has 0 aliphatic rings. The maximum absolute atomic E-state index is 12.6. The monoisotopic (exact) mass is 432 g/mol. The summed E-state index contributed by atoms with van der Waals surface area (Å²) in [4.78, 5) is 7.69. The number of halogens is 4. The zero-order valence-corrected chi connectivity index (χ0v) is 16.7. The third-order valence-electron chi connectivity index (χ3n) is 3.64. The summed E-state index contributed by atoms with van der Waals surface area (Å²) in [6, 6.07) is 6.05. The zero-order chi connectivity index (χ0) is 21.4. The molecule has 2 rings (SSSR count). The van der Waals surface area contributed by atoms with E-state index in [1.54, 1.807) is 32.4 Å². The molecule has 29 heavy (non-hydrogen) atoms. The lowest BCUT2D eigenvalue weighted by atomic mass is 10.3. The van der Waals surface area contributed by atoms with Crippen molar-refractivity contribution >= 4 is 23.2 Å². The molecule has 0 saturated carbocycles. The fourth-order valence-corrected chi connectivity index (χ4v) is 2.45. The third kappa shape index (κ3) is 6.31. The number of alkyl halides is 3. The van der Waals surface area contributed by atoms with Crippen LogP contribution in [0.1, 0.15) is 5.56 Å². The van der Waals surface area contributed by atoms with Crippen LogP contribution in [0.5, 0.6) is 17.4 Å². The van der Waals surface area contributed by atoms with E-state index in [2.05, 4.69) is 20.6 Å². The molecule has 158 valence electrons. The first kappa shape index (κ1) is 22.4. The molecule has 0 fully saturated rings. The number of pyridine rings is 1. The van der Waals surface area contributed by atoms with Crippen molar-refractivity contribution in [1.82, 2.24) is 10.3 Å². The zero-order valence-electron chi connectivity index (χ0n) is 15.9. The van der Waals surface area contributed by atoms with Gasteiger partial charge in [-0.05, 0) is 18.2 Å². The van der Waals surface area contributed by atoms with Crippen LogP contribution in [-0.4, -0.2) is 45.4 Å². The van der Waals surface area contributed by atoms with Gasteiger partial charge >= 0.3 is 6.18 Å². The fourth-order valence-electron chi connectivity index (χ4n) is 2.23. The first-order valence-electron chi connectivity index (χ1n) is 8.33. The highest BCUT2D eigenvalue weighted by molar-refractivity contribution is 6.31. The average Bonchev–Trinajstić information content (AvgIpc) is 2.70.